The summed E-state index contributed by atoms with van der Waals surface area (Å²) < 4.78 is 10.7. The molecule has 0 aliphatic carbocycles. The minimum absolute atomic E-state index is 0.0858. The third-order valence-electron chi connectivity index (χ3n) is 4.29. The molecule has 0 fully saturated rings. The summed E-state index contributed by atoms with van der Waals surface area (Å²) in [7, 11) is 0. The van der Waals surface area contributed by atoms with E-state index in [1.54, 1.807) is 11.3 Å². The molecule has 3 rings (SSSR count). The number of hydrogen-bond donors (Lipinski definition) is 0. The normalized spacial score (nSPS) is 11.0. The molecule has 0 unspecified atom stereocenters. The van der Waals surface area contributed by atoms with E-state index in [1.807, 2.05) is 37.4 Å². The topological polar surface area (TPSA) is 56.5 Å². The van der Waals surface area contributed by atoms with Crippen molar-refractivity contribution in [3.63, 3.8) is 0 Å². The number of benzene rings is 1. The first kappa shape index (κ1) is 17.4. The SMILES string of the molecule is Cc1ccc2c(COC(=O)CCCc3cccs3)cc(=O)oc2c1C. The Balaban J connectivity index is 1.65. The third kappa shape index (κ3) is 4.17. The Labute approximate surface area is 150 Å². The number of carbonyl (C=O) groups excluding carboxylic acids is 1. The molecule has 0 atom stereocenters. The number of rotatable bonds is 6. The van der Waals surface area contributed by atoms with Crippen molar-refractivity contribution in [2.24, 2.45) is 0 Å². The lowest BCUT2D eigenvalue weighted by Gasteiger charge is -2.09. The molecule has 0 radical (unpaired) electrons. The number of carbonyl (C=O) groups is 1. The molecule has 0 saturated heterocycles. The summed E-state index contributed by atoms with van der Waals surface area (Å²) in [5.41, 5.74) is 2.80. The van der Waals surface area contributed by atoms with E-state index in [4.69, 9.17) is 9.15 Å². The minimum Gasteiger partial charge on any atom is -0.461 e. The maximum Gasteiger partial charge on any atom is 0.336 e. The van der Waals surface area contributed by atoms with Gasteiger partial charge in [0.15, 0.2) is 0 Å². The molecule has 0 amide bonds. The van der Waals surface area contributed by atoms with Gasteiger partial charge in [-0.1, -0.05) is 18.2 Å². The van der Waals surface area contributed by atoms with Crippen LogP contribution in [-0.2, 0) is 22.6 Å². The van der Waals surface area contributed by atoms with Crippen LogP contribution in [-0.4, -0.2) is 5.97 Å². The van der Waals surface area contributed by atoms with E-state index in [9.17, 15) is 9.59 Å². The molecule has 0 aliphatic rings. The summed E-state index contributed by atoms with van der Waals surface area (Å²) in [4.78, 5) is 25.0. The van der Waals surface area contributed by atoms with Crippen LogP contribution in [0.25, 0.3) is 11.0 Å². The van der Waals surface area contributed by atoms with Gasteiger partial charge in [-0.2, -0.15) is 0 Å². The summed E-state index contributed by atoms with van der Waals surface area (Å²) in [6, 6.07) is 9.35. The van der Waals surface area contributed by atoms with Gasteiger partial charge in [-0.25, -0.2) is 4.79 Å². The lowest BCUT2D eigenvalue weighted by atomic mass is 10.0. The van der Waals surface area contributed by atoms with Crippen molar-refractivity contribution in [3.05, 3.63) is 67.7 Å². The van der Waals surface area contributed by atoms with Crippen molar-refractivity contribution in [1.82, 2.24) is 0 Å². The average molecular weight is 356 g/mol. The van der Waals surface area contributed by atoms with Crippen LogP contribution < -0.4 is 5.63 Å². The quantitative estimate of drug-likeness (QED) is 0.481. The molecule has 3 aromatic rings. The molecule has 4 nitrogen and oxygen atoms in total. The fraction of sp³-hybridized carbons (Fsp3) is 0.300. The molecular formula is C20H20O4S. The molecular weight excluding hydrogens is 336 g/mol. The summed E-state index contributed by atoms with van der Waals surface area (Å²) in [5, 5.41) is 2.85. The molecule has 130 valence electrons. The van der Waals surface area contributed by atoms with Gasteiger partial charge in [-0.3, -0.25) is 4.79 Å². The fourth-order valence-electron chi connectivity index (χ4n) is 2.74. The van der Waals surface area contributed by atoms with Gasteiger partial charge in [-0.15, -0.1) is 11.3 Å². The van der Waals surface area contributed by atoms with Crippen LogP contribution in [0.2, 0.25) is 0 Å². The predicted molar refractivity (Wildman–Crippen MR) is 99.0 cm³/mol. The lowest BCUT2D eigenvalue weighted by Crippen LogP contribution is -2.08. The van der Waals surface area contributed by atoms with Gasteiger partial charge >= 0.3 is 11.6 Å². The molecule has 0 bridgehead atoms. The smallest absolute Gasteiger partial charge is 0.336 e. The van der Waals surface area contributed by atoms with E-state index in [0.29, 0.717) is 17.6 Å². The number of ether oxygens (including phenoxy) is 1. The summed E-state index contributed by atoms with van der Waals surface area (Å²) in [6.07, 6.45) is 2.01. The third-order valence-corrected chi connectivity index (χ3v) is 5.23. The average Bonchev–Trinajstić information content (AvgIpc) is 3.10. The molecule has 0 saturated carbocycles. The van der Waals surface area contributed by atoms with Crippen molar-refractivity contribution in [1.29, 1.82) is 0 Å². The molecule has 25 heavy (non-hydrogen) atoms. The van der Waals surface area contributed by atoms with E-state index in [1.165, 1.54) is 10.9 Å². The Bertz CT molecular complexity index is 938. The van der Waals surface area contributed by atoms with Crippen LogP contribution in [0.3, 0.4) is 0 Å². The zero-order valence-electron chi connectivity index (χ0n) is 14.3. The van der Waals surface area contributed by atoms with Gasteiger partial charge in [0.1, 0.15) is 12.2 Å². The van der Waals surface area contributed by atoms with Gasteiger partial charge < -0.3 is 9.15 Å². The van der Waals surface area contributed by atoms with Crippen molar-refractivity contribution in [3.8, 4) is 0 Å². The molecule has 0 N–H and O–H groups in total. The van der Waals surface area contributed by atoms with Crippen LogP contribution in [0.4, 0.5) is 0 Å². The van der Waals surface area contributed by atoms with Gasteiger partial charge in [0.25, 0.3) is 0 Å². The number of esters is 1. The number of hydrogen-bond acceptors (Lipinski definition) is 5. The highest BCUT2D eigenvalue weighted by Crippen LogP contribution is 2.23. The van der Waals surface area contributed by atoms with Crippen LogP contribution in [0.5, 0.6) is 0 Å². The molecule has 0 aliphatic heterocycles. The van der Waals surface area contributed by atoms with Crippen LogP contribution >= 0.6 is 11.3 Å². The zero-order chi connectivity index (χ0) is 17.8. The first-order chi connectivity index (χ1) is 12.0. The first-order valence-electron chi connectivity index (χ1n) is 8.25. The van der Waals surface area contributed by atoms with Crippen LogP contribution in [0, 0.1) is 13.8 Å². The summed E-state index contributed by atoms with van der Waals surface area (Å²) in [6.45, 7) is 3.97. The van der Waals surface area contributed by atoms with Gasteiger partial charge in [0.2, 0.25) is 0 Å². The fourth-order valence-corrected chi connectivity index (χ4v) is 3.49. The molecule has 1 aromatic carbocycles. The predicted octanol–water partition coefficient (Wildman–Crippen LogP) is 4.54. The Kier molecular flexibility index (Phi) is 5.34. The second-order valence-corrected chi connectivity index (χ2v) is 7.10. The van der Waals surface area contributed by atoms with Gasteiger partial charge in [0, 0.05) is 28.3 Å². The molecule has 2 heterocycles. The van der Waals surface area contributed by atoms with Crippen molar-refractivity contribution >= 4 is 28.3 Å². The minimum atomic E-state index is -0.426. The van der Waals surface area contributed by atoms with E-state index >= 15 is 0 Å². The lowest BCUT2D eigenvalue weighted by molar-refractivity contribution is -0.145. The van der Waals surface area contributed by atoms with E-state index in [0.717, 1.165) is 29.4 Å². The first-order valence-corrected chi connectivity index (χ1v) is 9.13. The molecule has 2 aromatic heterocycles. The monoisotopic (exact) mass is 356 g/mol. The van der Waals surface area contributed by atoms with Gasteiger partial charge in [0.05, 0.1) is 0 Å². The maximum absolute atomic E-state index is 12.0. The summed E-state index contributed by atoms with van der Waals surface area (Å²) in [5.74, 6) is -0.248. The maximum atomic E-state index is 12.0. The van der Waals surface area contributed by atoms with Crippen molar-refractivity contribution in [2.45, 2.75) is 39.7 Å². The largest absolute Gasteiger partial charge is 0.461 e. The van der Waals surface area contributed by atoms with Crippen molar-refractivity contribution < 1.29 is 13.9 Å². The highest BCUT2D eigenvalue weighted by molar-refractivity contribution is 7.09. The second kappa shape index (κ2) is 7.66. The van der Waals surface area contributed by atoms with E-state index in [-0.39, 0.29) is 12.6 Å². The highest BCUT2D eigenvalue weighted by Gasteiger charge is 2.11. The molecule has 5 heteroatoms. The Morgan fingerprint density at radius 2 is 2.08 bits per heavy atom. The highest BCUT2D eigenvalue weighted by atomic mass is 32.1. The Morgan fingerprint density at radius 1 is 1.24 bits per heavy atom. The molecule has 0 spiro atoms. The van der Waals surface area contributed by atoms with Crippen LogP contribution in [0.1, 0.15) is 34.4 Å². The number of thiophene rings is 1. The Morgan fingerprint density at radius 3 is 2.84 bits per heavy atom. The van der Waals surface area contributed by atoms with E-state index < -0.39 is 5.63 Å². The van der Waals surface area contributed by atoms with Gasteiger partial charge in [-0.05, 0) is 49.3 Å². The standard InChI is InChI=1S/C20H20O4S/c1-13-8-9-17-15(11-19(22)24-20(17)14(13)2)12-23-18(21)7-3-5-16-6-4-10-25-16/h4,6,8-11H,3,5,7,12H2,1-2H3. The Hall–Kier alpha value is -2.40. The van der Waals surface area contributed by atoms with Crippen LogP contribution in [0.15, 0.2) is 44.9 Å². The van der Waals surface area contributed by atoms with E-state index in [2.05, 4.69) is 6.07 Å². The second-order valence-electron chi connectivity index (χ2n) is 6.07. The van der Waals surface area contributed by atoms with Crippen molar-refractivity contribution in [2.75, 3.05) is 0 Å². The summed E-state index contributed by atoms with van der Waals surface area (Å²) >= 11 is 1.69. The zero-order valence-corrected chi connectivity index (χ0v) is 15.2. The number of aryl methyl sites for hydroxylation is 3. The number of fused-ring (bicyclic) bond motifs is 1.